The molecule has 0 aliphatic rings. The van der Waals surface area contributed by atoms with Crippen LogP contribution in [0, 0.1) is 0 Å². The molecule has 14 heavy (non-hydrogen) atoms. The molecule has 0 unspecified atom stereocenters. The Morgan fingerprint density at radius 3 is 2.57 bits per heavy atom. The second kappa shape index (κ2) is 5.73. The summed E-state index contributed by atoms with van der Waals surface area (Å²) in [5.41, 5.74) is 1.25. The summed E-state index contributed by atoms with van der Waals surface area (Å²) in [7, 11) is 1.72. The number of hydrogen-bond donors (Lipinski definition) is 1. The second-order valence-electron chi connectivity index (χ2n) is 3.53. The third-order valence-corrected chi connectivity index (χ3v) is 2.16. The molecule has 1 heterocycles. The molecule has 0 spiro atoms. The van der Waals surface area contributed by atoms with Crippen molar-refractivity contribution >= 4 is 0 Å². The van der Waals surface area contributed by atoms with E-state index in [2.05, 4.69) is 24.1 Å². The SMILES string of the molecule is COC[C@@H](C)N[C@@H](C)c1ccncc1. The number of ether oxygens (including phenoxy) is 1. The molecule has 3 nitrogen and oxygen atoms in total. The van der Waals surface area contributed by atoms with Crippen LogP contribution in [-0.4, -0.2) is 24.7 Å². The van der Waals surface area contributed by atoms with E-state index in [-0.39, 0.29) is 0 Å². The van der Waals surface area contributed by atoms with Crippen LogP contribution in [-0.2, 0) is 4.74 Å². The molecule has 1 aromatic heterocycles. The zero-order valence-electron chi connectivity index (χ0n) is 9.03. The fourth-order valence-electron chi connectivity index (χ4n) is 1.47. The van der Waals surface area contributed by atoms with Gasteiger partial charge in [-0.3, -0.25) is 4.98 Å². The lowest BCUT2D eigenvalue weighted by Gasteiger charge is -2.19. The van der Waals surface area contributed by atoms with Crippen LogP contribution in [0.15, 0.2) is 24.5 Å². The van der Waals surface area contributed by atoms with Crippen LogP contribution >= 0.6 is 0 Å². The second-order valence-corrected chi connectivity index (χ2v) is 3.53. The first-order valence-corrected chi connectivity index (χ1v) is 4.89. The number of rotatable bonds is 5. The van der Waals surface area contributed by atoms with Crippen molar-refractivity contribution < 1.29 is 4.74 Å². The number of hydrogen-bond acceptors (Lipinski definition) is 3. The Morgan fingerprint density at radius 2 is 2.00 bits per heavy atom. The zero-order valence-corrected chi connectivity index (χ0v) is 9.03. The number of pyridine rings is 1. The molecule has 0 saturated heterocycles. The van der Waals surface area contributed by atoms with Crippen LogP contribution in [0.2, 0.25) is 0 Å². The van der Waals surface area contributed by atoms with Gasteiger partial charge >= 0.3 is 0 Å². The van der Waals surface area contributed by atoms with Crippen LogP contribution < -0.4 is 5.32 Å². The third-order valence-electron chi connectivity index (χ3n) is 2.16. The third kappa shape index (κ3) is 3.44. The first-order chi connectivity index (χ1) is 6.74. The number of aromatic nitrogens is 1. The predicted molar refractivity (Wildman–Crippen MR) is 57.1 cm³/mol. The van der Waals surface area contributed by atoms with Crippen LogP contribution in [0.25, 0.3) is 0 Å². The van der Waals surface area contributed by atoms with Gasteiger partial charge in [0, 0.05) is 31.6 Å². The molecule has 0 aliphatic heterocycles. The van der Waals surface area contributed by atoms with Crippen molar-refractivity contribution in [3.05, 3.63) is 30.1 Å². The maximum absolute atomic E-state index is 5.07. The first-order valence-electron chi connectivity index (χ1n) is 4.89. The molecule has 0 radical (unpaired) electrons. The lowest BCUT2D eigenvalue weighted by atomic mass is 10.1. The van der Waals surface area contributed by atoms with Gasteiger partial charge in [-0.2, -0.15) is 0 Å². The van der Waals surface area contributed by atoms with E-state index < -0.39 is 0 Å². The fourth-order valence-corrected chi connectivity index (χ4v) is 1.47. The minimum absolute atomic E-state index is 0.336. The smallest absolute Gasteiger partial charge is 0.0613 e. The highest BCUT2D eigenvalue weighted by molar-refractivity contribution is 5.14. The van der Waals surface area contributed by atoms with Crippen molar-refractivity contribution in [1.82, 2.24) is 10.3 Å². The van der Waals surface area contributed by atoms with Crippen molar-refractivity contribution in [2.24, 2.45) is 0 Å². The van der Waals surface area contributed by atoms with E-state index >= 15 is 0 Å². The molecule has 3 heteroatoms. The van der Waals surface area contributed by atoms with Crippen molar-refractivity contribution in [3.63, 3.8) is 0 Å². The molecule has 78 valence electrons. The van der Waals surface area contributed by atoms with Gasteiger partial charge in [0.2, 0.25) is 0 Å². The molecule has 1 N–H and O–H groups in total. The Kier molecular flexibility index (Phi) is 4.56. The quantitative estimate of drug-likeness (QED) is 0.775. The maximum atomic E-state index is 5.07. The molecule has 0 bridgehead atoms. The molecule has 0 aliphatic carbocycles. The molecule has 2 atom stereocenters. The lowest BCUT2D eigenvalue weighted by Crippen LogP contribution is -2.32. The highest BCUT2D eigenvalue weighted by Gasteiger charge is 2.08. The van der Waals surface area contributed by atoms with E-state index in [1.165, 1.54) is 5.56 Å². The van der Waals surface area contributed by atoms with E-state index in [0.29, 0.717) is 12.1 Å². The van der Waals surface area contributed by atoms with Gasteiger partial charge in [-0.15, -0.1) is 0 Å². The van der Waals surface area contributed by atoms with E-state index in [9.17, 15) is 0 Å². The summed E-state index contributed by atoms with van der Waals surface area (Å²) in [6, 6.07) is 4.75. The zero-order chi connectivity index (χ0) is 10.4. The fraction of sp³-hybridized carbons (Fsp3) is 0.545. The maximum Gasteiger partial charge on any atom is 0.0613 e. The van der Waals surface area contributed by atoms with E-state index in [1.54, 1.807) is 7.11 Å². The van der Waals surface area contributed by atoms with Gasteiger partial charge in [0.15, 0.2) is 0 Å². The Bertz CT molecular complexity index is 251. The lowest BCUT2D eigenvalue weighted by molar-refractivity contribution is 0.167. The molecule has 0 saturated carbocycles. The minimum Gasteiger partial charge on any atom is -0.383 e. The summed E-state index contributed by atoms with van der Waals surface area (Å²) < 4.78 is 5.07. The van der Waals surface area contributed by atoms with Crippen molar-refractivity contribution in [2.75, 3.05) is 13.7 Å². The van der Waals surface area contributed by atoms with Crippen LogP contribution in [0.3, 0.4) is 0 Å². The Morgan fingerprint density at radius 1 is 1.36 bits per heavy atom. The summed E-state index contributed by atoms with van der Waals surface area (Å²) in [6.07, 6.45) is 3.63. The summed E-state index contributed by atoms with van der Waals surface area (Å²) in [5.74, 6) is 0. The van der Waals surface area contributed by atoms with Crippen molar-refractivity contribution in [1.29, 1.82) is 0 Å². The molecule has 0 amide bonds. The average Bonchev–Trinajstić information content (AvgIpc) is 2.19. The number of nitrogens with one attached hydrogen (secondary N) is 1. The van der Waals surface area contributed by atoms with Gasteiger partial charge in [0.25, 0.3) is 0 Å². The Balaban J connectivity index is 2.46. The van der Waals surface area contributed by atoms with Gasteiger partial charge in [-0.05, 0) is 31.5 Å². The van der Waals surface area contributed by atoms with Gasteiger partial charge in [-0.25, -0.2) is 0 Å². The highest BCUT2D eigenvalue weighted by Crippen LogP contribution is 2.10. The summed E-state index contributed by atoms with van der Waals surface area (Å²) in [5, 5.41) is 3.44. The van der Waals surface area contributed by atoms with Gasteiger partial charge in [-0.1, -0.05) is 0 Å². The van der Waals surface area contributed by atoms with E-state index in [0.717, 1.165) is 6.61 Å². The standard InChI is InChI=1S/C11H18N2O/c1-9(8-14-3)13-10(2)11-4-6-12-7-5-11/h4-7,9-10,13H,8H2,1-3H3/t9-,10+/m1/s1. The Hall–Kier alpha value is -0.930. The predicted octanol–water partition coefficient (Wildman–Crippen LogP) is 1.77. The molecule has 1 aromatic rings. The molecule has 1 rings (SSSR count). The van der Waals surface area contributed by atoms with Crippen molar-refractivity contribution in [3.8, 4) is 0 Å². The van der Waals surface area contributed by atoms with E-state index in [4.69, 9.17) is 4.74 Å². The normalized spacial score (nSPS) is 15.1. The largest absolute Gasteiger partial charge is 0.383 e. The summed E-state index contributed by atoms with van der Waals surface area (Å²) in [4.78, 5) is 3.99. The summed E-state index contributed by atoms with van der Waals surface area (Å²) >= 11 is 0. The number of nitrogens with zero attached hydrogens (tertiary/aromatic N) is 1. The van der Waals surface area contributed by atoms with Crippen LogP contribution in [0.1, 0.15) is 25.5 Å². The molecular formula is C11H18N2O. The van der Waals surface area contributed by atoms with Crippen LogP contribution in [0.5, 0.6) is 0 Å². The van der Waals surface area contributed by atoms with Crippen molar-refractivity contribution in [2.45, 2.75) is 25.9 Å². The van der Waals surface area contributed by atoms with Gasteiger partial charge in [0.05, 0.1) is 6.61 Å². The van der Waals surface area contributed by atoms with E-state index in [1.807, 2.05) is 24.5 Å². The van der Waals surface area contributed by atoms with Crippen LogP contribution in [0.4, 0.5) is 0 Å². The Labute approximate surface area is 85.5 Å². The topological polar surface area (TPSA) is 34.1 Å². The van der Waals surface area contributed by atoms with Gasteiger partial charge in [0.1, 0.15) is 0 Å². The first kappa shape index (κ1) is 11.1. The molecule has 0 fully saturated rings. The minimum atomic E-state index is 0.336. The monoisotopic (exact) mass is 194 g/mol. The summed E-state index contributed by atoms with van der Waals surface area (Å²) in [6.45, 7) is 4.98. The molecule has 0 aromatic carbocycles. The average molecular weight is 194 g/mol. The molecular weight excluding hydrogens is 176 g/mol. The number of methoxy groups -OCH3 is 1. The highest BCUT2D eigenvalue weighted by atomic mass is 16.5. The van der Waals surface area contributed by atoms with Gasteiger partial charge < -0.3 is 10.1 Å².